The molecule has 16 heteroatoms. The van der Waals surface area contributed by atoms with E-state index in [1.807, 2.05) is 0 Å². The largest absolute Gasteiger partial charge is 0.287 e. The Labute approximate surface area is 114 Å². The molecule has 0 aromatic heterocycles. The minimum atomic E-state index is -4.63. The maximum absolute atomic E-state index is 11.2. The van der Waals surface area contributed by atoms with Gasteiger partial charge in [0.2, 0.25) is 22.7 Å². The standard InChI is InChI=1S/C4H6O12S4/c5-17(6)1-18(7,8)14-3(13-17)4-15-19(9,10)2-20(11,12)16-4/h3-4H,1-2H2. The van der Waals surface area contributed by atoms with Gasteiger partial charge in [-0.3, -0.25) is 0 Å². The Balaban J connectivity index is 2.36. The second-order valence-electron chi connectivity index (χ2n) is 3.59. The fourth-order valence-corrected chi connectivity index (χ4v) is 6.75. The third-order valence-corrected chi connectivity index (χ3v) is 8.32. The smallest absolute Gasteiger partial charge is 0.230 e. The molecule has 12 nitrogen and oxygen atoms in total. The van der Waals surface area contributed by atoms with E-state index in [1.165, 1.54) is 0 Å². The molecule has 0 N–H and O–H groups in total. The van der Waals surface area contributed by atoms with Gasteiger partial charge in [0.15, 0.2) is 0 Å². The lowest BCUT2D eigenvalue weighted by atomic mass is 10.6. The molecule has 0 radical (unpaired) electrons. The van der Waals surface area contributed by atoms with Gasteiger partial charge < -0.3 is 0 Å². The van der Waals surface area contributed by atoms with Crippen LogP contribution in [0.3, 0.4) is 0 Å². The fourth-order valence-electron chi connectivity index (χ4n) is 1.26. The fraction of sp³-hybridized carbons (Fsp3) is 1.00. The molecule has 0 aromatic carbocycles. The second kappa shape index (κ2) is 4.57. The molecule has 118 valence electrons. The minimum Gasteiger partial charge on any atom is -0.230 e. The van der Waals surface area contributed by atoms with Gasteiger partial charge in [-0.25, -0.2) is 16.7 Å². The van der Waals surface area contributed by atoms with E-state index in [0.29, 0.717) is 0 Å². The Morgan fingerprint density at radius 1 is 0.500 bits per heavy atom. The van der Waals surface area contributed by atoms with Gasteiger partial charge in [0, 0.05) is 0 Å². The normalized spacial score (nSPS) is 32.6. The maximum atomic E-state index is 11.2. The van der Waals surface area contributed by atoms with Gasteiger partial charge in [0.25, 0.3) is 40.5 Å². The third kappa shape index (κ3) is 3.85. The molecule has 0 aliphatic carbocycles. The van der Waals surface area contributed by atoms with E-state index in [-0.39, 0.29) is 0 Å². The Morgan fingerprint density at radius 3 is 0.900 bits per heavy atom. The van der Waals surface area contributed by atoms with Crippen LogP contribution in [0, 0.1) is 0 Å². The SMILES string of the molecule is O=S1(=O)CS(=O)(=O)OC(C2OS(=O)(=O)CS(=O)(=O)O2)O1. The lowest BCUT2D eigenvalue weighted by molar-refractivity contribution is -0.150. The average Bonchev–Trinajstić information content (AvgIpc) is 2.06. The predicted octanol–water partition coefficient (Wildman–Crippen LogP) is -3.03. The first kappa shape index (κ1) is 16.0. The highest BCUT2D eigenvalue weighted by molar-refractivity contribution is 8.04. The summed E-state index contributed by atoms with van der Waals surface area (Å²) >= 11 is 0. The molecule has 20 heavy (non-hydrogen) atoms. The van der Waals surface area contributed by atoms with Crippen LogP contribution < -0.4 is 0 Å². The molecular formula is C4H6O12S4. The molecule has 2 aliphatic heterocycles. The van der Waals surface area contributed by atoms with Crippen LogP contribution in [0.25, 0.3) is 0 Å². The molecule has 2 heterocycles. The minimum absolute atomic E-state index is 1.51. The number of rotatable bonds is 1. The van der Waals surface area contributed by atoms with E-state index in [2.05, 4.69) is 16.7 Å². The van der Waals surface area contributed by atoms with Crippen molar-refractivity contribution in [3.8, 4) is 0 Å². The van der Waals surface area contributed by atoms with Gasteiger partial charge in [-0.05, 0) is 0 Å². The van der Waals surface area contributed by atoms with E-state index in [1.54, 1.807) is 0 Å². The zero-order valence-corrected chi connectivity index (χ0v) is 12.4. The molecule has 0 saturated carbocycles. The van der Waals surface area contributed by atoms with E-state index >= 15 is 0 Å². The first-order valence-electron chi connectivity index (χ1n) is 4.43. The van der Waals surface area contributed by atoms with Gasteiger partial charge in [-0.1, -0.05) is 0 Å². The Bertz CT molecular complexity index is 672. The highest BCUT2D eigenvalue weighted by atomic mass is 32.3. The number of hydrogen-bond acceptors (Lipinski definition) is 12. The molecule has 0 amide bonds. The van der Waals surface area contributed by atoms with Crippen molar-refractivity contribution in [3.05, 3.63) is 0 Å². The van der Waals surface area contributed by atoms with Crippen molar-refractivity contribution in [3.63, 3.8) is 0 Å². The molecule has 2 fully saturated rings. The van der Waals surface area contributed by atoms with Crippen LogP contribution in [0.15, 0.2) is 0 Å². The Morgan fingerprint density at radius 2 is 0.700 bits per heavy atom. The van der Waals surface area contributed by atoms with Crippen LogP contribution >= 0.6 is 0 Å². The van der Waals surface area contributed by atoms with Crippen LogP contribution in [0.1, 0.15) is 0 Å². The van der Waals surface area contributed by atoms with Crippen molar-refractivity contribution < 1.29 is 50.4 Å². The first-order chi connectivity index (χ1) is 8.79. The van der Waals surface area contributed by atoms with Crippen molar-refractivity contribution in [1.82, 2.24) is 0 Å². The van der Waals surface area contributed by atoms with Gasteiger partial charge >= 0.3 is 0 Å². The monoisotopic (exact) mass is 374 g/mol. The second-order valence-corrected chi connectivity index (χ2v) is 10.7. The zero-order valence-electron chi connectivity index (χ0n) is 9.10. The Hall–Kier alpha value is -0.360. The summed E-state index contributed by atoms with van der Waals surface area (Å²) in [6, 6.07) is 0. The first-order valence-corrected chi connectivity index (χ1v) is 10.7. The van der Waals surface area contributed by atoms with Crippen LogP contribution in [0.5, 0.6) is 0 Å². The third-order valence-electron chi connectivity index (χ3n) is 1.77. The van der Waals surface area contributed by atoms with Crippen LogP contribution in [0.4, 0.5) is 0 Å². The van der Waals surface area contributed by atoms with E-state index < -0.39 is 63.2 Å². The van der Waals surface area contributed by atoms with Gasteiger partial charge in [0.1, 0.15) is 0 Å². The van der Waals surface area contributed by atoms with Crippen molar-refractivity contribution in [2.75, 3.05) is 10.2 Å². The van der Waals surface area contributed by atoms with Crippen molar-refractivity contribution in [2.24, 2.45) is 0 Å². The molecule has 0 unspecified atom stereocenters. The van der Waals surface area contributed by atoms with E-state index in [4.69, 9.17) is 0 Å². The van der Waals surface area contributed by atoms with E-state index in [9.17, 15) is 33.7 Å². The van der Waals surface area contributed by atoms with Gasteiger partial charge in [0.05, 0.1) is 0 Å². The maximum Gasteiger partial charge on any atom is 0.287 e. The summed E-state index contributed by atoms with van der Waals surface area (Å²) in [7, 11) is -18.5. The van der Waals surface area contributed by atoms with E-state index in [0.717, 1.165) is 0 Å². The summed E-state index contributed by atoms with van der Waals surface area (Å²) in [5.74, 6) is 0. The van der Waals surface area contributed by atoms with Crippen LogP contribution in [-0.4, -0.2) is 56.4 Å². The zero-order chi connectivity index (χ0) is 15.4. The summed E-state index contributed by atoms with van der Waals surface area (Å²) in [6.45, 7) is 0. The summed E-state index contributed by atoms with van der Waals surface area (Å²) < 4.78 is 106. The molecule has 0 spiro atoms. The van der Waals surface area contributed by atoms with Crippen molar-refractivity contribution >= 4 is 40.5 Å². The lowest BCUT2D eigenvalue weighted by Gasteiger charge is -2.29. The summed E-state index contributed by atoms with van der Waals surface area (Å²) in [5, 5.41) is -3.02. The molecule has 0 aromatic rings. The summed E-state index contributed by atoms with van der Waals surface area (Å²) in [5.41, 5.74) is 0. The topological polar surface area (TPSA) is 173 Å². The summed E-state index contributed by atoms with van der Waals surface area (Å²) in [4.78, 5) is 0. The lowest BCUT2D eigenvalue weighted by Crippen LogP contribution is -2.49. The number of hydrogen-bond donors (Lipinski definition) is 0. The predicted molar refractivity (Wildman–Crippen MR) is 57.3 cm³/mol. The molecule has 2 saturated heterocycles. The molecule has 0 atom stereocenters. The quantitative estimate of drug-likeness (QED) is 0.425. The average molecular weight is 374 g/mol. The van der Waals surface area contributed by atoms with Crippen LogP contribution in [-0.2, 0) is 57.2 Å². The van der Waals surface area contributed by atoms with Crippen molar-refractivity contribution in [2.45, 2.75) is 12.6 Å². The van der Waals surface area contributed by atoms with Gasteiger partial charge in [-0.15, -0.1) is 0 Å². The Kier molecular flexibility index (Phi) is 3.66. The van der Waals surface area contributed by atoms with Crippen molar-refractivity contribution in [1.29, 1.82) is 0 Å². The molecule has 2 rings (SSSR count). The van der Waals surface area contributed by atoms with Gasteiger partial charge in [-0.2, -0.15) is 33.7 Å². The highest BCUT2D eigenvalue weighted by Crippen LogP contribution is 2.26. The summed E-state index contributed by atoms with van der Waals surface area (Å²) in [6.07, 6.45) is -4.85. The highest BCUT2D eigenvalue weighted by Gasteiger charge is 2.48. The molecular weight excluding hydrogens is 368 g/mol. The van der Waals surface area contributed by atoms with Crippen LogP contribution in [0.2, 0.25) is 0 Å². The molecule has 0 bridgehead atoms. The molecule has 2 aliphatic rings.